The molecule has 3 aromatic rings. The molecule has 0 saturated carbocycles. The summed E-state index contributed by atoms with van der Waals surface area (Å²) in [5.41, 5.74) is 1.04. The first-order valence-electron chi connectivity index (χ1n) is 5.73. The van der Waals surface area contributed by atoms with Gasteiger partial charge in [0.1, 0.15) is 17.7 Å². The lowest BCUT2D eigenvalue weighted by Crippen LogP contribution is -2.08. The third-order valence-corrected chi connectivity index (χ3v) is 3.27. The number of hydrogen-bond donors (Lipinski definition) is 0. The van der Waals surface area contributed by atoms with E-state index < -0.39 is 0 Å². The zero-order valence-electron chi connectivity index (χ0n) is 10.2. The van der Waals surface area contributed by atoms with Crippen LogP contribution in [0.1, 0.15) is 11.6 Å². The molecular formula is C12H11ClFN5. The van der Waals surface area contributed by atoms with Crippen molar-refractivity contribution in [1.82, 2.24) is 24.3 Å². The van der Waals surface area contributed by atoms with Gasteiger partial charge in [-0.2, -0.15) is 0 Å². The first kappa shape index (κ1) is 12.1. The number of benzene rings is 1. The second-order valence-corrected chi connectivity index (χ2v) is 4.48. The molecule has 0 fully saturated rings. The minimum atomic E-state index is -0.347. The van der Waals surface area contributed by atoms with Gasteiger partial charge < -0.3 is 9.13 Å². The van der Waals surface area contributed by atoms with Crippen molar-refractivity contribution in [3.05, 3.63) is 42.0 Å². The molecule has 7 heteroatoms. The molecule has 0 atom stereocenters. The minimum absolute atomic E-state index is 0.214. The van der Waals surface area contributed by atoms with Crippen molar-refractivity contribution in [3.63, 3.8) is 0 Å². The van der Waals surface area contributed by atoms with Gasteiger partial charge >= 0.3 is 0 Å². The molecule has 0 saturated heterocycles. The standard InChI is InChI=1S/C12H11ClFN5/c1-18-7-15-17-11(18)6-19-9-4-2-3-8(14)12(9)16-10(19)5-13/h2-4,7H,5-6H2,1H3. The molecule has 0 unspecified atom stereocenters. The quantitative estimate of drug-likeness (QED) is 0.690. The number of alkyl halides is 1. The summed E-state index contributed by atoms with van der Waals surface area (Å²) in [7, 11) is 1.86. The predicted molar refractivity (Wildman–Crippen MR) is 69.4 cm³/mol. The highest BCUT2D eigenvalue weighted by Crippen LogP contribution is 2.21. The second-order valence-electron chi connectivity index (χ2n) is 4.21. The normalized spacial score (nSPS) is 11.3. The second kappa shape index (κ2) is 4.62. The Morgan fingerprint density at radius 3 is 2.84 bits per heavy atom. The van der Waals surface area contributed by atoms with E-state index in [2.05, 4.69) is 15.2 Å². The molecule has 0 aliphatic carbocycles. The SMILES string of the molecule is Cn1cnnc1Cn1c(CCl)nc2c(F)cccc21. The Bertz CT molecular complexity index is 733. The van der Waals surface area contributed by atoms with Crippen LogP contribution in [0, 0.1) is 5.82 Å². The van der Waals surface area contributed by atoms with E-state index in [1.807, 2.05) is 22.2 Å². The van der Waals surface area contributed by atoms with Crippen LogP contribution < -0.4 is 0 Å². The van der Waals surface area contributed by atoms with Gasteiger partial charge in [0, 0.05) is 7.05 Å². The highest BCUT2D eigenvalue weighted by Gasteiger charge is 2.14. The van der Waals surface area contributed by atoms with E-state index in [0.717, 1.165) is 5.82 Å². The first-order chi connectivity index (χ1) is 9.20. The topological polar surface area (TPSA) is 48.5 Å². The molecule has 0 spiro atoms. The van der Waals surface area contributed by atoms with Gasteiger partial charge in [-0.15, -0.1) is 21.8 Å². The fraction of sp³-hybridized carbons (Fsp3) is 0.250. The van der Waals surface area contributed by atoms with Crippen molar-refractivity contribution in [2.45, 2.75) is 12.4 Å². The number of nitrogens with zero attached hydrogens (tertiary/aromatic N) is 5. The van der Waals surface area contributed by atoms with Gasteiger partial charge in [-0.3, -0.25) is 0 Å². The maximum Gasteiger partial charge on any atom is 0.152 e. The van der Waals surface area contributed by atoms with Crippen molar-refractivity contribution in [2.75, 3.05) is 0 Å². The monoisotopic (exact) mass is 279 g/mol. The van der Waals surface area contributed by atoms with Gasteiger partial charge in [-0.1, -0.05) is 6.07 Å². The van der Waals surface area contributed by atoms with Gasteiger partial charge in [-0.05, 0) is 12.1 Å². The number of rotatable bonds is 3. The van der Waals surface area contributed by atoms with E-state index in [1.54, 1.807) is 12.4 Å². The molecule has 1 aromatic carbocycles. The third kappa shape index (κ3) is 1.98. The van der Waals surface area contributed by atoms with Crippen LogP contribution in [0.5, 0.6) is 0 Å². The summed E-state index contributed by atoms with van der Waals surface area (Å²) >= 11 is 5.89. The van der Waals surface area contributed by atoms with Gasteiger partial charge in [0.2, 0.25) is 0 Å². The van der Waals surface area contributed by atoms with Gasteiger partial charge in [0.25, 0.3) is 0 Å². The maximum atomic E-state index is 13.7. The zero-order valence-corrected chi connectivity index (χ0v) is 11.0. The average molecular weight is 280 g/mol. The maximum absolute atomic E-state index is 13.7. The van der Waals surface area contributed by atoms with Crippen LogP contribution in [-0.2, 0) is 19.5 Å². The predicted octanol–water partition coefficient (Wildman–Crippen LogP) is 2.09. The summed E-state index contributed by atoms with van der Waals surface area (Å²) in [6.07, 6.45) is 1.62. The number of aryl methyl sites for hydroxylation is 1. The minimum Gasteiger partial charge on any atom is -0.319 e. The van der Waals surface area contributed by atoms with Crippen LogP contribution in [0.15, 0.2) is 24.5 Å². The smallest absolute Gasteiger partial charge is 0.152 e. The Morgan fingerprint density at radius 2 is 2.16 bits per heavy atom. The lowest BCUT2D eigenvalue weighted by atomic mass is 10.3. The lowest BCUT2D eigenvalue weighted by molar-refractivity contribution is 0.637. The molecule has 2 aromatic heterocycles. The fourth-order valence-electron chi connectivity index (χ4n) is 2.03. The van der Waals surface area contributed by atoms with Crippen LogP contribution in [0.3, 0.4) is 0 Å². The van der Waals surface area contributed by atoms with Gasteiger partial charge in [0.05, 0.1) is 17.9 Å². The molecule has 98 valence electrons. The van der Waals surface area contributed by atoms with E-state index >= 15 is 0 Å². The van der Waals surface area contributed by atoms with Crippen molar-refractivity contribution in [1.29, 1.82) is 0 Å². The number of aromatic nitrogens is 5. The van der Waals surface area contributed by atoms with E-state index in [9.17, 15) is 4.39 Å². The molecule has 0 radical (unpaired) electrons. The van der Waals surface area contributed by atoms with E-state index in [1.165, 1.54) is 6.07 Å². The van der Waals surface area contributed by atoms with Crippen molar-refractivity contribution < 1.29 is 4.39 Å². The van der Waals surface area contributed by atoms with Crippen molar-refractivity contribution in [2.24, 2.45) is 7.05 Å². The highest BCUT2D eigenvalue weighted by molar-refractivity contribution is 6.16. The molecule has 3 rings (SSSR count). The third-order valence-electron chi connectivity index (χ3n) is 3.03. The van der Waals surface area contributed by atoms with Crippen LogP contribution in [0.25, 0.3) is 11.0 Å². The lowest BCUT2D eigenvalue weighted by Gasteiger charge is -2.06. The number of fused-ring (bicyclic) bond motifs is 1. The summed E-state index contributed by atoms with van der Waals surface area (Å²) in [6.45, 7) is 0.457. The Labute approximate surface area is 113 Å². The molecule has 0 N–H and O–H groups in total. The number of halogens is 2. The first-order valence-corrected chi connectivity index (χ1v) is 6.26. The summed E-state index contributed by atoms with van der Waals surface area (Å²) in [4.78, 5) is 4.24. The summed E-state index contributed by atoms with van der Waals surface area (Å²) in [6, 6.07) is 4.86. The number of imidazole rings is 1. The molecule has 0 aliphatic heterocycles. The van der Waals surface area contributed by atoms with Crippen LogP contribution in [-0.4, -0.2) is 24.3 Å². The molecule has 2 heterocycles. The van der Waals surface area contributed by atoms with Crippen LogP contribution >= 0.6 is 11.6 Å². The molecule has 19 heavy (non-hydrogen) atoms. The number of para-hydroxylation sites is 1. The zero-order chi connectivity index (χ0) is 13.4. The molecule has 0 amide bonds. The van der Waals surface area contributed by atoms with E-state index in [4.69, 9.17) is 11.6 Å². The summed E-state index contributed by atoms with van der Waals surface area (Å²) in [5.74, 6) is 1.24. The Hall–Kier alpha value is -1.95. The average Bonchev–Trinajstić information content (AvgIpc) is 2.96. The molecule has 0 bridgehead atoms. The Balaban J connectivity index is 2.16. The van der Waals surface area contributed by atoms with Crippen LogP contribution in [0.2, 0.25) is 0 Å². The fourth-order valence-corrected chi connectivity index (χ4v) is 2.24. The molecule has 5 nitrogen and oxygen atoms in total. The van der Waals surface area contributed by atoms with Gasteiger partial charge in [0.15, 0.2) is 11.6 Å². The van der Waals surface area contributed by atoms with Crippen molar-refractivity contribution >= 4 is 22.6 Å². The number of hydrogen-bond acceptors (Lipinski definition) is 3. The Morgan fingerprint density at radius 1 is 1.32 bits per heavy atom. The van der Waals surface area contributed by atoms with Crippen molar-refractivity contribution in [3.8, 4) is 0 Å². The van der Waals surface area contributed by atoms with Crippen LogP contribution in [0.4, 0.5) is 4.39 Å². The Kier molecular flexibility index (Phi) is 2.94. The summed E-state index contributed by atoms with van der Waals surface area (Å²) in [5, 5.41) is 7.85. The van der Waals surface area contributed by atoms with E-state index in [-0.39, 0.29) is 11.7 Å². The van der Waals surface area contributed by atoms with E-state index in [0.29, 0.717) is 23.4 Å². The molecular weight excluding hydrogens is 269 g/mol. The summed E-state index contributed by atoms with van der Waals surface area (Å²) < 4.78 is 17.4. The largest absolute Gasteiger partial charge is 0.319 e. The molecule has 0 aliphatic rings. The van der Waals surface area contributed by atoms with Gasteiger partial charge in [-0.25, -0.2) is 9.37 Å². The highest BCUT2D eigenvalue weighted by atomic mass is 35.5.